The minimum atomic E-state index is -0.244. The first kappa shape index (κ1) is 20.6. The van der Waals surface area contributed by atoms with Gasteiger partial charge < -0.3 is 20.3 Å². The van der Waals surface area contributed by atoms with Gasteiger partial charge in [-0.3, -0.25) is 4.98 Å². The lowest BCUT2D eigenvalue weighted by Gasteiger charge is -2.51. The van der Waals surface area contributed by atoms with Gasteiger partial charge in [0, 0.05) is 56.5 Å². The van der Waals surface area contributed by atoms with Crippen molar-refractivity contribution >= 4 is 23.1 Å². The Kier molecular flexibility index (Phi) is 5.38. The maximum Gasteiger partial charge on any atom is 0.150 e. The fourth-order valence-corrected chi connectivity index (χ4v) is 4.33. The van der Waals surface area contributed by atoms with Gasteiger partial charge in [-0.1, -0.05) is 12.1 Å². The molecule has 0 amide bonds. The van der Waals surface area contributed by atoms with Gasteiger partial charge >= 0.3 is 0 Å². The van der Waals surface area contributed by atoms with Gasteiger partial charge in [0.2, 0.25) is 0 Å². The normalized spacial score (nSPS) is 18.0. The molecule has 166 valence electrons. The van der Waals surface area contributed by atoms with Crippen molar-refractivity contribution in [1.82, 2.24) is 15.0 Å². The van der Waals surface area contributed by atoms with E-state index in [4.69, 9.17) is 9.72 Å². The Morgan fingerprint density at radius 1 is 1.09 bits per heavy atom. The smallest absolute Gasteiger partial charge is 0.150 e. The topological polar surface area (TPSA) is 75.2 Å². The number of nitrogens with one attached hydrogen (secondary N) is 2. The van der Waals surface area contributed by atoms with Crippen LogP contribution in [0.4, 0.5) is 27.5 Å². The highest BCUT2D eigenvalue weighted by Crippen LogP contribution is 2.48. The highest BCUT2D eigenvalue weighted by Gasteiger charge is 2.53. The Labute approximate surface area is 187 Å². The number of anilines is 4. The molecule has 1 atom stereocenters. The van der Waals surface area contributed by atoms with Crippen molar-refractivity contribution in [1.29, 1.82) is 0 Å². The number of pyridine rings is 1. The molecule has 32 heavy (non-hydrogen) atoms. The van der Waals surface area contributed by atoms with E-state index in [1.807, 2.05) is 26.2 Å². The Morgan fingerprint density at radius 3 is 2.50 bits per heavy atom. The summed E-state index contributed by atoms with van der Waals surface area (Å²) in [4.78, 5) is 15.5. The molecule has 1 saturated carbocycles. The fraction of sp³-hybridized carbons (Fsp3) is 0.375. The minimum Gasteiger partial charge on any atom is -0.374 e. The van der Waals surface area contributed by atoms with E-state index in [1.54, 1.807) is 30.7 Å². The van der Waals surface area contributed by atoms with Crippen LogP contribution >= 0.6 is 0 Å². The molecular weight excluding hydrogens is 407 g/mol. The summed E-state index contributed by atoms with van der Waals surface area (Å²) in [6.45, 7) is 3.77. The molecular formula is C24H27FN6O. The van der Waals surface area contributed by atoms with Gasteiger partial charge in [0.15, 0.2) is 0 Å². The zero-order chi connectivity index (χ0) is 22.1. The summed E-state index contributed by atoms with van der Waals surface area (Å²) in [6.07, 6.45) is 7.43. The van der Waals surface area contributed by atoms with E-state index in [2.05, 4.69) is 25.5 Å². The van der Waals surface area contributed by atoms with Crippen LogP contribution < -0.4 is 15.5 Å². The largest absolute Gasteiger partial charge is 0.374 e. The zero-order valence-corrected chi connectivity index (χ0v) is 18.3. The van der Waals surface area contributed by atoms with Crippen LogP contribution in [0.15, 0.2) is 55.0 Å². The van der Waals surface area contributed by atoms with Crippen LogP contribution in [0.25, 0.3) is 0 Å². The standard InChI is InChI=1S/C24H27FN6O/c1-16(17-3-7-19(25)8-4-17)28-21-11-20(31-14-24(15-31,32-2)18-5-6-18)12-22(29-21)30-23-13-26-9-10-27-23/h3-4,7-13,16,18H,5-6,14-15H2,1-2H3,(H2,27,28,29,30)/t16-/m0/s1. The van der Waals surface area contributed by atoms with Gasteiger partial charge in [0.05, 0.1) is 6.20 Å². The maximum atomic E-state index is 13.3. The van der Waals surface area contributed by atoms with E-state index in [0.29, 0.717) is 17.6 Å². The van der Waals surface area contributed by atoms with Crippen LogP contribution in [0.3, 0.4) is 0 Å². The number of nitrogens with zero attached hydrogens (tertiary/aromatic N) is 4. The van der Waals surface area contributed by atoms with Gasteiger partial charge in [-0.15, -0.1) is 0 Å². The summed E-state index contributed by atoms with van der Waals surface area (Å²) in [6, 6.07) is 10.6. The molecule has 7 nitrogen and oxygen atoms in total. The Hall–Kier alpha value is -3.26. The first-order valence-corrected chi connectivity index (χ1v) is 10.9. The Balaban J connectivity index is 1.39. The third kappa shape index (κ3) is 4.23. The van der Waals surface area contributed by atoms with Gasteiger partial charge in [-0.25, -0.2) is 14.4 Å². The van der Waals surface area contributed by atoms with Crippen LogP contribution in [-0.4, -0.2) is 40.8 Å². The van der Waals surface area contributed by atoms with E-state index in [9.17, 15) is 4.39 Å². The maximum absolute atomic E-state index is 13.3. The molecule has 0 unspecified atom stereocenters. The van der Waals surface area contributed by atoms with E-state index < -0.39 is 0 Å². The van der Waals surface area contributed by atoms with Crippen molar-refractivity contribution in [3.63, 3.8) is 0 Å². The van der Waals surface area contributed by atoms with E-state index in [0.717, 1.165) is 30.2 Å². The number of hydrogen-bond acceptors (Lipinski definition) is 7. The molecule has 2 fully saturated rings. The fourth-order valence-electron chi connectivity index (χ4n) is 4.33. The van der Waals surface area contributed by atoms with Gasteiger partial charge in [-0.05, 0) is 43.4 Å². The molecule has 1 aliphatic heterocycles. The lowest BCUT2D eigenvalue weighted by molar-refractivity contribution is -0.0510. The van der Waals surface area contributed by atoms with Crippen molar-refractivity contribution in [3.05, 3.63) is 66.4 Å². The van der Waals surface area contributed by atoms with E-state index in [1.165, 1.54) is 25.0 Å². The third-order valence-corrected chi connectivity index (χ3v) is 6.37. The van der Waals surface area contributed by atoms with Gasteiger partial charge in [0.1, 0.15) is 28.9 Å². The first-order valence-electron chi connectivity index (χ1n) is 10.9. The molecule has 0 radical (unpaired) electrons. The SMILES string of the molecule is COC1(C2CC2)CN(c2cc(Nc3cnccn3)nc(N[C@@H](C)c3ccc(F)cc3)c2)C1. The van der Waals surface area contributed by atoms with Crippen molar-refractivity contribution < 1.29 is 9.13 Å². The van der Waals surface area contributed by atoms with E-state index in [-0.39, 0.29) is 17.5 Å². The number of benzene rings is 1. The number of rotatable bonds is 8. The van der Waals surface area contributed by atoms with Crippen LogP contribution in [0, 0.1) is 11.7 Å². The highest BCUT2D eigenvalue weighted by atomic mass is 19.1. The molecule has 1 aliphatic carbocycles. The summed E-state index contributed by atoms with van der Waals surface area (Å²) in [7, 11) is 1.82. The summed E-state index contributed by atoms with van der Waals surface area (Å²) in [5.74, 6) is 2.46. The molecule has 2 N–H and O–H groups in total. The second-order valence-electron chi connectivity index (χ2n) is 8.63. The number of methoxy groups -OCH3 is 1. The molecule has 3 heterocycles. The first-order chi connectivity index (χ1) is 15.5. The predicted octanol–water partition coefficient (Wildman–Crippen LogP) is 4.54. The lowest BCUT2D eigenvalue weighted by atomic mass is 9.88. The Bertz CT molecular complexity index is 1070. The lowest BCUT2D eigenvalue weighted by Crippen LogP contribution is -2.64. The van der Waals surface area contributed by atoms with Crippen LogP contribution in [-0.2, 0) is 4.74 Å². The molecule has 1 saturated heterocycles. The molecule has 1 aromatic carbocycles. The quantitative estimate of drug-likeness (QED) is 0.539. The highest BCUT2D eigenvalue weighted by molar-refractivity contribution is 5.66. The average molecular weight is 435 g/mol. The number of hydrogen-bond donors (Lipinski definition) is 2. The summed E-state index contributed by atoms with van der Waals surface area (Å²) in [5, 5.41) is 6.70. The molecule has 0 spiro atoms. The van der Waals surface area contributed by atoms with Crippen molar-refractivity contribution in [2.75, 3.05) is 35.7 Å². The van der Waals surface area contributed by atoms with Crippen molar-refractivity contribution in [3.8, 4) is 0 Å². The molecule has 5 rings (SSSR count). The predicted molar refractivity (Wildman–Crippen MR) is 123 cm³/mol. The monoisotopic (exact) mass is 434 g/mol. The summed E-state index contributed by atoms with van der Waals surface area (Å²) < 4.78 is 19.2. The van der Waals surface area contributed by atoms with Crippen LogP contribution in [0.5, 0.6) is 0 Å². The Morgan fingerprint density at radius 2 is 1.84 bits per heavy atom. The van der Waals surface area contributed by atoms with Crippen LogP contribution in [0.1, 0.15) is 31.4 Å². The van der Waals surface area contributed by atoms with Crippen molar-refractivity contribution in [2.45, 2.75) is 31.4 Å². The van der Waals surface area contributed by atoms with Crippen molar-refractivity contribution in [2.24, 2.45) is 5.92 Å². The second-order valence-corrected chi connectivity index (χ2v) is 8.63. The van der Waals surface area contributed by atoms with E-state index >= 15 is 0 Å². The number of ether oxygens (including phenoxy) is 1. The third-order valence-electron chi connectivity index (χ3n) is 6.37. The zero-order valence-electron chi connectivity index (χ0n) is 18.3. The number of aromatic nitrogens is 3. The molecule has 0 bridgehead atoms. The number of halogens is 1. The van der Waals surface area contributed by atoms with Crippen LogP contribution in [0.2, 0.25) is 0 Å². The molecule has 8 heteroatoms. The van der Waals surface area contributed by atoms with Gasteiger partial charge in [0.25, 0.3) is 0 Å². The average Bonchev–Trinajstić information content (AvgIpc) is 3.60. The minimum absolute atomic E-state index is 0.0310. The summed E-state index contributed by atoms with van der Waals surface area (Å²) in [5.41, 5.74) is 2.02. The molecule has 2 aromatic heterocycles. The second kappa shape index (κ2) is 8.35. The molecule has 2 aliphatic rings. The van der Waals surface area contributed by atoms with Gasteiger partial charge in [-0.2, -0.15) is 0 Å². The molecule has 3 aromatic rings. The summed E-state index contributed by atoms with van der Waals surface area (Å²) >= 11 is 0.